The maximum atomic E-state index is 15.5. The minimum Gasteiger partial charge on any atom is -0.387 e. The van der Waals surface area contributed by atoms with Gasteiger partial charge in [0.1, 0.15) is 11.7 Å². The molecule has 1 aliphatic rings. The number of aryl methyl sites for hydroxylation is 1. The van der Waals surface area contributed by atoms with Crippen LogP contribution in [0, 0.1) is 12.7 Å². The summed E-state index contributed by atoms with van der Waals surface area (Å²) >= 11 is 0. The lowest BCUT2D eigenvalue weighted by Gasteiger charge is -2.22. The number of rotatable bonds is 11. The number of halogens is 1. The van der Waals surface area contributed by atoms with Crippen LogP contribution in [0.1, 0.15) is 54.6 Å². The number of carbonyl (C=O) groups excluding carboxylic acids is 2. The number of hydrazone groups is 1. The van der Waals surface area contributed by atoms with E-state index in [1.807, 2.05) is 13.8 Å². The maximum Gasteiger partial charge on any atom is 0.274 e. The molecule has 0 spiro atoms. The van der Waals surface area contributed by atoms with Gasteiger partial charge in [0.25, 0.3) is 5.91 Å². The Morgan fingerprint density at radius 1 is 1.10 bits per heavy atom. The van der Waals surface area contributed by atoms with Crippen LogP contribution in [0.25, 0.3) is 17.2 Å². The summed E-state index contributed by atoms with van der Waals surface area (Å²) in [6, 6.07) is 8.30. The van der Waals surface area contributed by atoms with E-state index in [4.69, 9.17) is 5.73 Å². The molecule has 1 unspecified atom stereocenters. The zero-order chi connectivity index (χ0) is 28.7. The van der Waals surface area contributed by atoms with Crippen LogP contribution >= 0.6 is 0 Å². The fourth-order valence-corrected chi connectivity index (χ4v) is 4.92. The summed E-state index contributed by atoms with van der Waals surface area (Å²) in [6.07, 6.45) is 4.91. The van der Waals surface area contributed by atoms with Gasteiger partial charge in [-0.15, -0.1) is 0 Å². The standard InChI is InChI=1S/C29H36FN5O3S/c1-6-10-34(11-7-2)28(36)22-15-24-25(30)16-21(17-26(24)33-27(31)18-22)20-8-9-23(19(3)14-20)29(37)35(32-4)12-13-39(5)38/h8-9,14-17H,4,6-7,10-13,18H2,1-3,5H3,(H2,31,33). The summed E-state index contributed by atoms with van der Waals surface area (Å²) in [5, 5.41) is 4.97. The van der Waals surface area contributed by atoms with Gasteiger partial charge in [-0.3, -0.25) is 13.8 Å². The number of aliphatic imine (C=N–C) groups is 1. The van der Waals surface area contributed by atoms with Crippen molar-refractivity contribution in [3.63, 3.8) is 0 Å². The van der Waals surface area contributed by atoms with E-state index >= 15 is 4.39 Å². The number of amidine groups is 1. The Labute approximate surface area is 231 Å². The number of carbonyl (C=O) groups is 2. The van der Waals surface area contributed by atoms with Gasteiger partial charge in [-0.1, -0.05) is 26.0 Å². The van der Waals surface area contributed by atoms with Crippen LogP contribution in [-0.4, -0.2) is 70.1 Å². The first kappa shape index (κ1) is 29.9. The predicted octanol–water partition coefficient (Wildman–Crippen LogP) is 4.66. The van der Waals surface area contributed by atoms with Crippen molar-refractivity contribution in [2.75, 3.05) is 31.6 Å². The van der Waals surface area contributed by atoms with E-state index in [1.54, 1.807) is 48.4 Å². The second-order valence-corrected chi connectivity index (χ2v) is 11.1. The van der Waals surface area contributed by atoms with Gasteiger partial charge in [-0.05, 0) is 60.7 Å². The van der Waals surface area contributed by atoms with E-state index < -0.39 is 16.6 Å². The molecule has 0 saturated heterocycles. The van der Waals surface area contributed by atoms with Crippen molar-refractivity contribution in [1.82, 2.24) is 9.91 Å². The van der Waals surface area contributed by atoms with Gasteiger partial charge in [-0.2, -0.15) is 5.10 Å². The normalized spacial score (nSPS) is 13.5. The number of fused-ring (bicyclic) bond motifs is 1. The number of hydrogen-bond acceptors (Lipinski definition) is 6. The third-order valence-corrected chi connectivity index (χ3v) is 7.15. The third-order valence-electron chi connectivity index (χ3n) is 6.40. The molecule has 0 aromatic heterocycles. The van der Waals surface area contributed by atoms with Gasteiger partial charge < -0.3 is 10.6 Å². The number of nitrogens with two attached hydrogens (primary N) is 1. The van der Waals surface area contributed by atoms with E-state index in [9.17, 15) is 13.8 Å². The molecule has 0 fully saturated rings. The molecular weight excluding hydrogens is 517 g/mol. The maximum absolute atomic E-state index is 15.5. The van der Waals surface area contributed by atoms with Crippen molar-refractivity contribution >= 4 is 46.9 Å². The highest BCUT2D eigenvalue weighted by Gasteiger charge is 2.23. The molecule has 39 heavy (non-hydrogen) atoms. The van der Waals surface area contributed by atoms with Crippen LogP contribution in [0.3, 0.4) is 0 Å². The highest BCUT2D eigenvalue weighted by atomic mass is 32.2. The van der Waals surface area contributed by atoms with Crippen molar-refractivity contribution in [3.8, 4) is 11.1 Å². The molecule has 208 valence electrons. The molecule has 10 heteroatoms. The zero-order valence-corrected chi connectivity index (χ0v) is 23.8. The monoisotopic (exact) mass is 553 g/mol. The Balaban J connectivity index is 1.96. The molecule has 1 heterocycles. The molecule has 1 atom stereocenters. The van der Waals surface area contributed by atoms with Crippen molar-refractivity contribution in [2.45, 2.75) is 40.0 Å². The van der Waals surface area contributed by atoms with Gasteiger partial charge in [0, 0.05) is 65.7 Å². The van der Waals surface area contributed by atoms with E-state index in [2.05, 4.69) is 16.8 Å². The molecule has 3 rings (SSSR count). The van der Waals surface area contributed by atoms with Crippen LogP contribution in [0.2, 0.25) is 0 Å². The molecule has 2 aromatic rings. The molecule has 0 radical (unpaired) electrons. The Bertz CT molecular complexity index is 1350. The average molecular weight is 554 g/mol. The fourth-order valence-electron chi connectivity index (χ4n) is 4.49. The van der Waals surface area contributed by atoms with Gasteiger partial charge in [0.2, 0.25) is 5.91 Å². The van der Waals surface area contributed by atoms with Crippen molar-refractivity contribution in [3.05, 3.63) is 58.4 Å². The van der Waals surface area contributed by atoms with E-state index in [1.165, 1.54) is 11.1 Å². The zero-order valence-electron chi connectivity index (χ0n) is 23.0. The van der Waals surface area contributed by atoms with Crippen LogP contribution in [0.4, 0.5) is 10.1 Å². The summed E-state index contributed by atoms with van der Waals surface area (Å²) in [5.74, 6) is -0.502. The largest absolute Gasteiger partial charge is 0.387 e. The average Bonchev–Trinajstić information content (AvgIpc) is 3.06. The topological polar surface area (TPSA) is 108 Å². The molecular formula is C29H36FN5O3S. The molecule has 0 bridgehead atoms. The van der Waals surface area contributed by atoms with Crippen molar-refractivity contribution in [1.29, 1.82) is 0 Å². The first-order valence-electron chi connectivity index (χ1n) is 13.0. The summed E-state index contributed by atoms with van der Waals surface area (Å²) in [7, 11) is -1.07. The van der Waals surface area contributed by atoms with Gasteiger partial charge in [0.05, 0.1) is 12.2 Å². The molecule has 2 N–H and O–H groups in total. The second-order valence-electron chi connectivity index (χ2n) is 9.51. The molecule has 0 aliphatic carbocycles. The van der Waals surface area contributed by atoms with Gasteiger partial charge in [-0.25, -0.2) is 14.4 Å². The molecule has 2 amide bonds. The lowest BCUT2D eigenvalue weighted by molar-refractivity contribution is -0.127. The molecule has 0 saturated carbocycles. The number of amides is 2. The van der Waals surface area contributed by atoms with Crippen LogP contribution in [0.15, 0.2) is 46.0 Å². The smallest absolute Gasteiger partial charge is 0.274 e. The first-order valence-corrected chi connectivity index (χ1v) is 14.7. The number of nitrogens with zero attached hydrogens (tertiary/aromatic N) is 4. The van der Waals surface area contributed by atoms with Crippen molar-refractivity contribution < 1.29 is 18.2 Å². The van der Waals surface area contributed by atoms with E-state index in [0.29, 0.717) is 46.6 Å². The minimum absolute atomic E-state index is 0.140. The van der Waals surface area contributed by atoms with Crippen LogP contribution < -0.4 is 5.73 Å². The Hall–Kier alpha value is -3.66. The first-order chi connectivity index (χ1) is 18.6. The Morgan fingerprint density at radius 2 is 1.79 bits per heavy atom. The highest BCUT2D eigenvalue weighted by Crippen LogP contribution is 2.35. The minimum atomic E-state index is -1.07. The molecule has 2 aromatic carbocycles. The quantitative estimate of drug-likeness (QED) is 0.322. The third kappa shape index (κ3) is 7.26. The van der Waals surface area contributed by atoms with E-state index in [0.717, 1.165) is 12.8 Å². The summed E-state index contributed by atoms with van der Waals surface area (Å²) in [4.78, 5) is 32.4. The van der Waals surface area contributed by atoms with E-state index in [-0.39, 0.29) is 41.9 Å². The Morgan fingerprint density at radius 3 is 2.38 bits per heavy atom. The fraction of sp³-hybridized carbons (Fsp3) is 0.379. The molecule has 8 nitrogen and oxygen atoms in total. The Kier molecular flexibility index (Phi) is 10.3. The summed E-state index contributed by atoms with van der Waals surface area (Å²) in [6.45, 7) is 10.7. The lowest BCUT2D eigenvalue weighted by atomic mass is 9.97. The SMILES string of the molecule is C=NN(CCS(C)=O)C(=O)c1ccc(-c2cc(F)c3c(c2)N=C(N)CC(C(=O)N(CCC)CCC)=C3)cc1C. The van der Waals surface area contributed by atoms with Crippen LogP contribution in [-0.2, 0) is 15.6 Å². The van der Waals surface area contributed by atoms with Crippen LogP contribution in [0.5, 0.6) is 0 Å². The van der Waals surface area contributed by atoms with Crippen molar-refractivity contribution in [2.24, 2.45) is 15.8 Å². The number of benzene rings is 2. The summed E-state index contributed by atoms with van der Waals surface area (Å²) < 4.78 is 26.9. The summed E-state index contributed by atoms with van der Waals surface area (Å²) in [5.41, 5.74) is 9.48. The lowest BCUT2D eigenvalue weighted by Crippen LogP contribution is -2.34. The second kappa shape index (κ2) is 13.4. The number of hydrogen-bond donors (Lipinski definition) is 1. The molecule has 1 aliphatic heterocycles. The predicted molar refractivity (Wildman–Crippen MR) is 157 cm³/mol. The van der Waals surface area contributed by atoms with Gasteiger partial charge >= 0.3 is 0 Å². The van der Waals surface area contributed by atoms with Gasteiger partial charge in [0.15, 0.2) is 0 Å². The highest BCUT2D eigenvalue weighted by molar-refractivity contribution is 7.84.